The van der Waals surface area contributed by atoms with Crippen LogP contribution in [0.2, 0.25) is 5.02 Å². The number of thioether (sulfide) groups is 1. The first-order valence-electron chi connectivity index (χ1n) is 6.73. The highest BCUT2D eigenvalue weighted by molar-refractivity contribution is 7.98. The molecule has 2 rings (SSSR count). The Bertz CT molecular complexity index is 730. The summed E-state index contributed by atoms with van der Waals surface area (Å²) in [5.41, 5.74) is 0.601. The van der Waals surface area contributed by atoms with Gasteiger partial charge >= 0.3 is 5.97 Å². The summed E-state index contributed by atoms with van der Waals surface area (Å²) in [5.74, 6) is -0.564. The van der Waals surface area contributed by atoms with Gasteiger partial charge < -0.3 is 9.47 Å². The van der Waals surface area contributed by atoms with E-state index in [1.807, 2.05) is 6.26 Å². The number of carbonyl (C=O) groups excluding carboxylic acids is 2. The fourth-order valence-corrected chi connectivity index (χ4v) is 2.61. The molecule has 0 saturated heterocycles. The van der Waals surface area contributed by atoms with Crippen molar-refractivity contribution in [1.82, 2.24) is 0 Å². The molecule has 0 aliphatic rings. The van der Waals surface area contributed by atoms with E-state index in [0.29, 0.717) is 16.3 Å². The number of ketones is 1. The number of esters is 1. The average Bonchev–Trinajstić information content (AvgIpc) is 2.59. The molecule has 0 fully saturated rings. The fraction of sp³-hybridized carbons (Fsp3) is 0.176. The number of Topliss-reactive ketones (excluding diaryl/α,β-unsaturated/α-hetero) is 1. The predicted octanol–water partition coefficient (Wildman–Crippen LogP) is 4.11. The molecule has 0 heterocycles. The first-order chi connectivity index (χ1) is 11.1. The second kappa shape index (κ2) is 8.04. The quantitative estimate of drug-likeness (QED) is 0.446. The third kappa shape index (κ3) is 4.27. The number of carbonyl (C=O) groups is 2. The van der Waals surface area contributed by atoms with Crippen LogP contribution in [0.25, 0.3) is 0 Å². The lowest BCUT2D eigenvalue weighted by atomic mass is 10.1. The zero-order valence-corrected chi connectivity index (χ0v) is 14.2. The zero-order chi connectivity index (χ0) is 16.8. The molecule has 0 N–H and O–H groups in total. The molecule has 4 nitrogen and oxygen atoms in total. The molecule has 0 radical (unpaired) electrons. The Morgan fingerprint density at radius 2 is 1.87 bits per heavy atom. The molecule has 0 saturated carbocycles. The summed E-state index contributed by atoms with van der Waals surface area (Å²) in [6.45, 7) is -0.379. The van der Waals surface area contributed by atoms with Crippen molar-refractivity contribution in [3.63, 3.8) is 0 Å². The molecule has 0 atom stereocenters. The van der Waals surface area contributed by atoms with E-state index in [2.05, 4.69) is 0 Å². The van der Waals surface area contributed by atoms with Gasteiger partial charge in [0, 0.05) is 10.5 Å². The molecule has 0 aromatic heterocycles. The molecule has 120 valence electrons. The van der Waals surface area contributed by atoms with Crippen LogP contribution in [-0.2, 0) is 4.74 Å². The van der Waals surface area contributed by atoms with E-state index in [1.54, 1.807) is 42.5 Å². The van der Waals surface area contributed by atoms with Crippen molar-refractivity contribution in [1.29, 1.82) is 0 Å². The van der Waals surface area contributed by atoms with Gasteiger partial charge in [0.15, 0.2) is 6.61 Å². The van der Waals surface area contributed by atoms with Crippen LogP contribution in [0.3, 0.4) is 0 Å². The van der Waals surface area contributed by atoms with Crippen molar-refractivity contribution in [2.75, 3.05) is 20.0 Å². The van der Waals surface area contributed by atoms with Gasteiger partial charge in [0.1, 0.15) is 11.3 Å². The van der Waals surface area contributed by atoms with Gasteiger partial charge in [-0.15, -0.1) is 11.8 Å². The maximum absolute atomic E-state index is 12.2. The number of benzene rings is 2. The van der Waals surface area contributed by atoms with Crippen LogP contribution < -0.4 is 4.74 Å². The van der Waals surface area contributed by atoms with Crippen LogP contribution in [0, 0.1) is 0 Å². The van der Waals surface area contributed by atoms with E-state index in [9.17, 15) is 9.59 Å². The third-order valence-corrected chi connectivity index (χ3v) is 4.19. The summed E-state index contributed by atoms with van der Waals surface area (Å²) >= 11 is 7.48. The lowest BCUT2D eigenvalue weighted by Gasteiger charge is -2.10. The number of methoxy groups -OCH3 is 1. The van der Waals surface area contributed by atoms with Crippen LogP contribution in [0.4, 0.5) is 0 Å². The molecule has 0 amide bonds. The summed E-state index contributed by atoms with van der Waals surface area (Å²) in [7, 11) is 1.48. The van der Waals surface area contributed by atoms with Crippen LogP contribution in [0.15, 0.2) is 47.4 Å². The third-order valence-electron chi connectivity index (χ3n) is 3.14. The summed E-state index contributed by atoms with van der Waals surface area (Å²) in [5, 5.41) is 0.329. The normalized spacial score (nSPS) is 10.2. The van der Waals surface area contributed by atoms with E-state index in [0.717, 1.165) is 4.90 Å². The topological polar surface area (TPSA) is 52.6 Å². The SMILES string of the molecule is COc1cc(SC)ccc1C(=O)OCC(=O)c1ccccc1Cl. The summed E-state index contributed by atoms with van der Waals surface area (Å²) in [6.07, 6.45) is 1.93. The summed E-state index contributed by atoms with van der Waals surface area (Å²) in [4.78, 5) is 25.2. The van der Waals surface area contributed by atoms with Crippen molar-refractivity contribution < 1.29 is 19.1 Å². The highest BCUT2D eigenvalue weighted by Crippen LogP contribution is 2.26. The van der Waals surface area contributed by atoms with Crippen LogP contribution >= 0.6 is 23.4 Å². The zero-order valence-electron chi connectivity index (χ0n) is 12.7. The molecule has 6 heteroatoms. The molecular weight excluding hydrogens is 336 g/mol. The van der Waals surface area contributed by atoms with Crippen LogP contribution in [0.5, 0.6) is 5.75 Å². The van der Waals surface area contributed by atoms with Crippen molar-refractivity contribution in [2.45, 2.75) is 4.90 Å². The number of ether oxygens (including phenoxy) is 2. The molecule has 0 aliphatic heterocycles. The molecular formula is C17H15ClO4S. The van der Waals surface area contributed by atoms with E-state index in [1.165, 1.54) is 18.9 Å². The Hall–Kier alpha value is -1.98. The largest absolute Gasteiger partial charge is 0.496 e. The highest BCUT2D eigenvalue weighted by Gasteiger charge is 2.17. The minimum Gasteiger partial charge on any atom is -0.496 e. The van der Waals surface area contributed by atoms with E-state index >= 15 is 0 Å². The van der Waals surface area contributed by atoms with Gasteiger partial charge in [-0.05, 0) is 36.6 Å². The minimum absolute atomic E-state index is 0.275. The molecule has 0 bridgehead atoms. The molecule has 2 aromatic rings. The predicted molar refractivity (Wildman–Crippen MR) is 90.8 cm³/mol. The second-order valence-electron chi connectivity index (χ2n) is 4.55. The fourth-order valence-electron chi connectivity index (χ4n) is 1.94. The van der Waals surface area contributed by atoms with Gasteiger partial charge in [-0.2, -0.15) is 0 Å². The van der Waals surface area contributed by atoms with Gasteiger partial charge in [0.2, 0.25) is 5.78 Å². The summed E-state index contributed by atoms with van der Waals surface area (Å²) < 4.78 is 10.3. The van der Waals surface area contributed by atoms with Crippen molar-refractivity contribution in [3.8, 4) is 5.75 Å². The van der Waals surface area contributed by atoms with Gasteiger partial charge in [0.05, 0.1) is 12.1 Å². The highest BCUT2D eigenvalue weighted by atomic mass is 35.5. The van der Waals surface area contributed by atoms with E-state index in [-0.39, 0.29) is 18.0 Å². The van der Waals surface area contributed by atoms with Crippen LogP contribution in [-0.4, -0.2) is 31.7 Å². The molecule has 0 unspecified atom stereocenters. The first-order valence-corrected chi connectivity index (χ1v) is 8.34. The van der Waals surface area contributed by atoms with Crippen LogP contribution in [0.1, 0.15) is 20.7 Å². The Kier molecular flexibility index (Phi) is 6.07. The van der Waals surface area contributed by atoms with Gasteiger partial charge in [0.25, 0.3) is 0 Å². The molecule has 23 heavy (non-hydrogen) atoms. The van der Waals surface area contributed by atoms with Crippen molar-refractivity contribution >= 4 is 35.1 Å². The molecule has 2 aromatic carbocycles. The summed E-state index contributed by atoms with van der Waals surface area (Å²) in [6, 6.07) is 11.8. The van der Waals surface area contributed by atoms with E-state index < -0.39 is 5.97 Å². The second-order valence-corrected chi connectivity index (χ2v) is 5.83. The lowest BCUT2D eigenvalue weighted by molar-refractivity contribution is 0.0471. The Morgan fingerprint density at radius 1 is 1.13 bits per heavy atom. The Morgan fingerprint density at radius 3 is 2.52 bits per heavy atom. The molecule has 0 spiro atoms. The number of hydrogen-bond acceptors (Lipinski definition) is 5. The van der Waals surface area contributed by atoms with Crippen molar-refractivity contribution in [3.05, 3.63) is 58.6 Å². The van der Waals surface area contributed by atoms with Gasteiger partial charge in [-0.1, -0.05) is 23.7 Å². The average molecular weight is 351 g/mol. The van der Waals surface area contributed by atoms with E-state index in [4.69, 9.17) is 21.1 Å². The lowest BCUT2D eigenvalue weighted by Crippen LogP contribution is -2.15. The standard InChI is InChI=1S/C17H15ClO4S/c1-21-16-9-11(23-2)7-8-13(16)17(20)22-10-15(19)12-5-3-4-6-14(12)18/h3-9H,10H2,1-2H3. The maximum Gasteiger partial charge on any atom is 0.342 e. The first kappa shape index (κ1) is 17.4. The van der Waals surface area contributed by atoms with Gasteiger partial charge in [-0.3, -0.25) is 4.79 Å². The number of halogens is 1. The number of hydrogen-bond donors (Lipinski definition) is 0. The monoisotopic (exact) mass is 350 g/mol. The Balaban J connectivity index is 2.08. The van der Waals surface area contributed by atoms with Crippen molar-refractivity contribution in [2.24, 2.45) is 0 Å². The van der Waals surface area contributed by atoms with Gasteiger partial charge in [-0.25, -0.2) is 4.79 Å². The maximum atomic E-state index is 12.2. The Labute approximate surface area is 143 Å². The smallest absolute Gasteiger partial charge is 0.342 e. The molecule has 0 aliphatic carbocycles. The number of rotatable bonds is 6. The minimum atomic E-state index is -0.616.